The molecular formula is C21H21FN4O3. The molecule has 4 rings (SSSR count). The largest absolute Gasteiger partial charge is 0.454 e. The van der Waals surface area contributed by atoms with Crippen molar-refractivity contribution in [1.29, 1.82) is 0 Å². The van der Waals surface area contributed by atoms with E-state index in [1.165, 1.54) is 12.1 Å². The van der Waals surface area contributed by atoms with Crippen LogP contribution < -0.4 is 20.1 Å². The van der Waals surface area contributed by atoms with Crippen molar-refractivity contribution < 1.29 is 18.7 Å². The van der Waals surface area contributed by atoms with E-state index in [1.54, 1.807) is 29.1 Å². The number of benzene rings is 2. The Labute approximate surface area is 167 Å². The van der Waals surface area contributed by atoms with Crippen LogP contribution in [0.2, 0.25) is 0 Å². The van der Waals surface area contributed by atoms with Gasteiger partial charge in [0.05, 0.1) is 6.04 Å². The van der Waals surface area contributed by atoms with E-state index in [1.807, 2.05) is 32.2 Å². The number of halogens is 1. The molecule has 3 aromatic rings. The van der Waals surface area contributed by atoms with E-state index in [-0.39, 0.29) is 18.7 Å². The lowest BCUT2D eigenvalue weighted by atomic mass is 10.1. The highest BCUT2D eigenvalue weighted by atomic mass is 19.1. The number of imidazole rings is 1. The molecule has 0 bridgehead atoms. The van der Waals surface area contributed by atoms with E-state index < -0.39 is 12.1 Å². The third-order valence-electron chi connectivity index (χ3n) is 4.82. The normalized spacial score (nSPS) is 14.3. The second-order valence-electron chi connectivity index (χ2n) is 6.84. The van der Waals surface area contributed by atoms with E-state index in [4.69, 9.17) is 9.47 Å². The molecule has 1 aromatic heterocycles. The van der Waals surface area contributed by atoms with Crippen LogP contribution in [0.25, 0.3) is 0 Å². The zero-order valence-corrected chi connectivity index (χ0v) is 16.1. The SMILES string of the molecule is C[C@@H](NC(=O)N[C@@H](c1cccc(F)c1)c1nccn1C)c1ccc2c(c1)OCO2. The Morgan fingerprint density at radius 1 is 1.14 bits per heavy atom. The Bertz CT molecular complexity index is 1040. The fourth-order valence-corrected chi connectivity index (χ4v) is 3.27. The molecule has 0 saturated carbocycles. The van der Waals surface area contributed by atoms with E-state index in [2.05, 4.69) is 15.6 Å². The van der Waals surface area contributed by atoms with Crippen molar-refractivity contribution in [2.75, 3.05) is 6.79 Å². The second-order valence-corrected chi connectivity index (χ2v) is 6.84. The fraction of sp³-hybridized carbons (Fsp3) is 0.238. The van der Waals surface area contributed by atoms with Gasteiger partial charge in [0.1, 0.15) is 17.7 Å². The summed E-state index contributed by atoms with van der Waals surface area (Å²) in [5, 5.41) is 5.81. The van der Waals surface area contributed by atoms with Crippen LogP contribution in [0.15, 0.2) is 54.9 Å². The van der Waals surface area contributed by atoms with Crippen LogP contribution in [0.1, 0.15) is 36.0 Å². The molecule has 0 fully saturated rings. The molecule has 2 aromatic carbocycles. The number of amides is 2. The first-order valence-electron chi connectivity index (χ1n) is 9.20. The molecule has 7 nitrogen and oxygen atoms in total. The van der Waals surface area contributed by atoms with E-state index >= 15 is 0 Å². The Hall–Kier alpha value is -3.55. The summed E-state index contributed by atoms with van der Waals surface area (Å²) < 4.78 is 26.3. The molecule has 0 aliphatic carbocycles. The monoisotopic (exact) mass is 396 g/mol. The molecule has 1 aliphatic heterocycles. The van der Waals surface area contributed by atoms with Gasteiger partial charge in [0.2, 0.25) is 6.79 Å². The summed E-state index contributed by atoms with van der Waals surface area (Å²) in [6.45, 7) is 2.06. The topological polar surface area (TPSA) is 77.4 Å². The van der Waals surface area contributed by atoms with Crippen LogP contribution >= 0.6 is 0 Å². The summed E-state index contributed by atoms with van der Waals surface area (Å²) in [5.41, 5.74) is 1.48. The first-order chi connectivity index (χ1) is 14.0. The number of nitrogens with one attached hydrogen (secondary N) is 2. The molecule has 2 heterocycles. The molecule has 8 heteroatoms. The summed E-state index contributed by atoms with van der Waals surface area (Å²) >= 11 is 0. The van der Waals surface area contributed by atoms with Crippen LogP contribution in [-0.2, 0) is 7.05 Å². The number of aromatic nitrogens is 2. The van der Waals surface area contributed by atoms with Gasteiger partial charge in [0.15, 0.2) is 11.5 Å². The van der Waals surface area contributed by atoms with Crippen molar-refractivity contribution >= 4 is 6.03 Å². The van der Waals surface area contributed by atoms with Crippen LogP contribution in [0, 0.1) is 5.82 Å². The van der Waals surface area contributed by atoms with Gasteiger partial charge in [0.25, 0.3) is 0 Å². The van der Waals surface area contributed by atoms with Gasteiger partial charge in [0, 0.05) is 19.4 Å². The van der Waals surface area contributed by atoms with Gasteiger partial charge in [-0.15, -0.1) is 0 Å². The highest BCUT2D eigenvalue weighted by Crippen LogP contribution is 2.34. The number of hydrogen-bond donors (Lipinski definition) is 2. The number of carbonyl (C=O) groups excluding carboxylic acids is 1. The first-order valence-corrected chi connectivity index (χ1v) is 9.20. The number of aryl methyl sites for hydroxylation is 1. The molecule has 150 valence electrons. The van der Waals surface area contributed by atoms with Crippen molar-refractivity contribution in [3.05, 3.63) is 77.6 Å². The maximum atomic E-state index is 13.8. The van der Waals surface area contributed by atoms with Crippen molar-refractivity contribution in [2.45, 2.75) is 19.0 Å². The highest BCUT2D eigenvalue weighted by Gasteiger charge is 2.23. The van der Waals surface area contributed by atoms with Crippen LogP contribution in [-0.4, -0.2) is 22.4 Å². The third-order valence-corrected chi connectivity index (χ3v) is 4.82. The third kappa shape index (κ3) is 4.01. The maximum absolute atomic E-state index is 13.8. The molecule has 0 spiro atoms. The first kappa shape index (κ1) is 18.8. The van der Waals surface area contributed by atoms with Crippen LogP contribution in [0.4, 0.5) is 9.18 Å². The predicted octanol–water partition coefficient (Wildman–Crippen LogP) is 3.44. The van der Waals surface area contributed by atoms with Crippen LogP contribution in [0.3, 0.4) is 0 Å². The molecule has 29 heavy (non-hydrogen) atoms. The maximum Gasteiger partial charge on any atom is 0.316 e. The molecule has 0 radical (unpaired) electrons. The lowest BCUT2D eigenvalue weighted by molar-refractivity contribution is 0.174. The minimum Gasteiger partial charge on any atom is -0.454 e. The number of rotatable bonds is 5. The summed E-state index contributed by atoms with van der Waals surface area (Å²) in [4.78, 5) is 17.0. The van der Waals surface area contributed by atoms with E-state index in [0.717, 1.165) is 5.56 Å². The minimum absolute atomic E-state index is 0.195. The Morgan fingerprint density at radius 3 is 2.72 bits per heavy atom. The number of urea groups is 1. The smallest absolute Gasteiger partial charge is 0.316 e. The van der Waals surface area contributed by atoms with Gasteiger partial charge in [-0.05, 0) is 42.3 Å². The molecular weight excluding hydrogens is 375 g/mol. The molecule has 2 N–H and O–H groups in total. The van der Waals surface area contributed by atoms with Crippen molar-refractivity contribution in [1.82, 2.24) is 20.2 Å². The van der Waals surface area contributed by atoms with Crippen molar-refractivity contribution in [3.8, 4) is 11.5 Å². The second kappa shape index (κ2) is 7.83. The van der Waals surface area contributed by atoms with Crippen LogP contribution in [0.5, 0.6) is 11.5 Å². The molecule has 0 unspecified atom stereocenters. The fourth-order valence-electron chi connectivity index (χ4n) is 3.27. The lowest BCUT2D eigenvalue weighted by Crippen LogP contribution is -2.40. The number of ether oxygens (including phenoxy) is 2. The zero-order valence-electron chi connectivity index (χ0n) is 16.1. The zero-order chi connectivity index (χ0) is 20.4. The quantitative estimate of drug-likeness (QED) is 0.693. The lowest BCUT2D eigenvalue weighted by Gasteiger charge is -2.22. The van der Waals surface area contributed by atoms with Gasteiger partial charge >= 0.3 is 6.03 Å². The highest BCUT2D eigenvalue weighted by molar-refractivity contribution is 5.75. The van der Waals surface area contributed by atoms with Crippen molar-refractivity contribution in [2.24, 2.45) is 7.05 Å². The van der Waals surface area contributed by atoms with E-state index in [9.17, 15) is 9.18 Å². The summed E-state index contributed by atoms with van der Waals surface area (Å²) in [7, 11) is 1.82. The van der Waals surface area contributed by atoms with Gasteiger partial charge in [-0.25, -0.2) is 14.2 Å². The average molecular weight is 396 g/mol. The molecule has 0 saturated heterocycles. The minimum atomic E-state index is -0.602. The van der Waals surface area contributed by atoms with Gasteiger partial charge < -0.3 is 24.7 Å². The predicted molar refractivity (Wildman–Crippen MR) is 104 cm³/mol. The van der Waals surface area contributed by atoms with E-state index in [0.29, 0.717) is 22.9 Å². The standard InChI is InChI=1S/C21H21FN4O3/c1-13(14-6-7-17-18(11-14)29-12-28-17)24-21(27)25-19(20-23-8-9-26(20)2)15-4-3-5-16(22)10-15/h3-11,13,19H,12H2,1-2H3,(H2,24,25,27)/t13-,19+/m1/s1. The van der Waals surface area contributed by atoms with Gasteiger partial charge in [-0.3, -0.25) is 0 Å². The molecule has 2 amide bonds. The summed E-state index contributed by atoms with van der Waals surface area (Å²) in [5.74, 6) is 1.56. The molecule has 1 aliphatic rings. The Kier molecular flexibility index (Phi) is 5.07. The molecule has 2 atom stereocenters. The summed E-state index contributed by atoms with van der Waals surface area (Å²) in [6.07, 6.45) is 3.41. The number of fused-ring (bicyclic) bond motifs is 1. The Morgan fingerprint density at radius 2 is 1.97 bits per heavy atom. The number of nitrogens with zero attached hydrogens (tertiary/aromatic N) is 2. The number of carbonyl (C=O) groups is 1. The summed E-state index contributed by atoms with van der Waals surface area (Å²) in [6, 6.07) is 10.4. The Balaban J connectivity index is 1.51. The van der Waals surface area contributed by atoms with Gasteiger partial charge in [-0.1, -0.05) is 18.2 Å². The van der Waals surface area contributed by atoms with Crippen molar-refractivity contribution in [3.63, 3.8) is 0 Å². The van der Waals surface area contributed by atoms with Gasteiger partial charge in [-0.2, -0.15) is 0 Å². The average Bonchev–Trinajstić information content (AvgIpc) is 3.34. The number of hydrogen-bond acceptors (Lipinski definition) is 4.